The summed E-state index contributed by atoms with van der Waals surface area (Å²) >= 11 is 0. The molecule has 0 aliphatic carbocycles. The van der Waals surface area contributed by atoms with E-state index in [0.29, 0.717) is 5.54 Å². The molecular weight excluding hydrogens is 196 g/mol. The van der Waals surface area contributed by atoms with Gasteiger partial charge in [-0.15, -0.1) is 0 Å². The van der Waals surface area contributed by atoms with Crippen LogP contribution in [0.1, 0.15) is 53.9 Å². The third-order valence-electron chi connectivity index (χ3n) is 3.87. The maximum atomic E-state index is 3.75. The summed E-state index contributed by atoms with van der Waals surface area (Å²) in [5.74, 6) is 0.803. The van der Waals surface area contributed by atoms with Crippen LogP contribution < -0.4 is 5.32 Å². The van der Waals surface area contributed by atoms with Crippen LogP contribution in [0.5, 0.6) is 0 Å². The van der Waals surface area contributed by atoms with Gasteiger partial charge in [-0.05, 0) is 38.6 Å². The van der Waals surface area contributed by atoms with Gasteiger partial charge in [0.15, 0.2) is 0 Å². The number of rotatable bonds is 5. The molecule has 1 heterocycles. The molecule has 2 atom stereocenters. The molecule has 0 bridgehead atoms. The van der Waals surface area contributed by atoms with E-state index in [0.717, 1.165) is 12.0 Å². The first-order valence-electron chi connectivity index (χ1n) is 6.99. The summed E-state index contributed by atoms with van der Waals surface area (Å²) in [5, 5.41) is 3.75. The van der Waals surface area contributed by atoms with Gasteiger partial charge < -0.3 is 5.32 Å². The maximum absolute atomic E-state index is 3.75. The maximum Gasteiger partial charge on any atom is 0.0278 e. The second kappa shape index (κ2) is 6.02. The molecule has 0 aromatic heterocycles. The van der Waals surface area contributed by atoms with E-state index >= 15 is 0 Å². The van der Waals surface area contributed by atoms with Crippen LogP contribution in [0, 0.1) is 5.92 Å². The molecule has 16 heavy (non-hydrogen) atoms. The molecule has 0 aromatic carbocycles. The van der Waals surface area contributed by atoms with E-state index in [9.17, 15) is 0 Å². The Kier molecular flexibility index (Phi) is 5.26. The quantitative estimate of drug-likeness (QED) is 0.775. The van der Waals surface area contributed by atoms with Crippen molar-refractivity contribution >= 4 is 0 Å². The van der Waals surface area contributed by atoms with Crippen molar-refractivity contribution < 1.29 is 0 Å². The molecule has 1 fully saturated rings. The molecule has 0 saturated carbocycles. The molecule has 0 radical (unpaired) electrons. The molecule has 0 spiro atoms. The molecular formula is C14H30N2. The van der Waals surface area contributed by atoms with Gasteiger partial charge in [0.2, 0.25) is 0 Å². The summed E-state index contributed by atoms with van der Waals surface area (Å²) < 4.78 is 0. The Labute approximate surface area is 102 Å². The molecule has 1 saturated heterocycles. The molecule has 1 aliphatic heterocycles. The molecule has 2 unspecified atom stereocenters. The van der Waals surface area contributed by atoms with E-state index in [1.165, 1.54) is 38.9 Å². The highest BCUT2D eigenvalue weighted by atomic mass is 15.2. The topological polar surface area (TPSA) is 15.3 Å². The van der Waals surface area contributed by atoms with Crippen molar-refractivity contribution in [3.05, 3.63) is 0 Å². The smallest absolute Gasteiger partial charge is 0.0278 e. The Morgan fingerprint density at radius 1 is 1.38 bits per heavy atom. The van der Waals surface area contributed by atoms with Gasteiger partial charge in [-0.3, -0.25) is 4.90 Å². The summed E-state index contributed by atoms with van der Waals surface area (Å²) in [7, 11) is 0. The lowest BCUT2D eigenvalue weighted by Gasteiger charge is -2.46. The Morgan fingerprint density at radius 3 is 2.56 bits per heavy atom. The predicted octanol–water partition coefficient (Wildman–Crippen LogP) is 2.89. The van der Waals surface area contributed by atoms with Gasteiger partial charge in [0.1, 0.15) is 0 Å². The summed E-state index contributed by atoms with van der Waals surface area (Å²) in [6.45, 7) is 15.3. The molecule has 1 N–H and O–H groups in total. The third-order valence-corrected chi connectivity index (χ3v) is 3.87. The summed E-state index contributed by atoms with van der Waals surface area (Å²) in [5.41, 5.74) is 0.336. The van der Waals surface area contributed by atoms with Gasteiger partial charge in [-0.1, -0.05) is 27.7 Å². The van der Waals surface area contributed by atoms with Gasteiger partial charge >= 0.3 is 0 Å². The highest BCUT2D eigenvalue weighted by Crippen LogP contribution is 2.22. The average Bonchev–Trinajstić information content (AvgIpc) is 2.22. The van der Waals surface area contributed by atoms with Crippen LogP contribution in [0.15, 0.2) is 0 Å². The lowest BCUT2D eigenvalue weighted by molar-refractivity contribution is 0.0731. The molecule has 0 amide bonds. The number of piperazine rings is 1. The first-order valence-corrected chi connectivity index (χ1v) is 6.99. The molecule has 1 aliphatic rings. The zero-order valence-corrected chi connectivity index (χ0v) is 11.8. The van der Waals surface area contributed by atoms with Crippen LogP contribution in [0.25, 0.3) is 0 Å². The highest BCUT2D eigenvalue weighted by Gasteiger charge is 2.33. The second-order valence-electron chi connectivity index (χ2n) is 6.05. The van der Waals surface area contributed by atoms with Gasteiger partial charge in [-0.25, -0.2) is 0 Å². The van der Waals surface area contributed by atoms with E-state index < -0.39 is 0 Å². The summed E-state index contributed by atoms with van der Waals surface area (Å²) in [6.07, 6.45) is 3.82. The van der Waals surface area contributed by atoms with E-state index in [-0.39, 0.29) is 0 Å². The lowest BCUT2D eigenvalue weighted by Crippen LogP contribution is -2.62. The number of hydrogen-bond donors (Lipinski definition) is 1. The van der Waals surface area contributed by atoms with E-state index in [1.54, 1.807) is 0 Å². The largest absolute Gasteiger partial charge is 0.309 e. The Hall–Kier alpha value is -0.0800. The number of hydrogen-bond acceptors (Lipinski definition) is 2. The van der Waals surface area contributed by atoms with Gasteiger partial charge in [0.25, 0.3) is 0 Å². The molecule has 0 aromatic rings. The first-order chi connectivity index (χ1) is 7.50. The van der Waals surface area contributed by atoms with Crippen LogP contribution in [-0.4, -0.2) is 36.1 Å². The zero-order valence-electron chi connectivity index (χ0n) is 11.8. The minimum atomic E-state index is 0.336. The highest BCUT2D eigenvalue weighted by molar-refractivity contribution is 4.94. The number of nitrogens with zero attached hydrogens (tertiary/aromatic N) is 1. The predicted molar refractivity (Wildman–Crippen MR) is 71.8 cm³/mol. The van der Waals surface area contributed by atoms with Gasteiger partial charge in [0.05, 0.1) is 0 Å². The minimum Gasteiger partial charge on any atom is -0.309 e. The zero-order chi connectivity index (χ0) is 12.2. The normalized spacial score (nSPS) is 32.2. The molecule has 2 heteroatoms. The van der Waals surface area contributed by atoms with Crippen LogP contribution in [0.3, 0.4) is 0 Å². The van der Waals surface area contributed by atoms with E-state index in [2.05, 4.69) is 44.8 Å². The fourth-order valence-electron chi connectivity index (χ4n) is 2.69. The van der Waals surface area contributed by atoms with Crippen LogP contribution in [0.2, 0.25) is 0 Å². The lowest BCUT2D eigenvalue weighted by atomic mass is 9.90. The van der Waals surface area contributed by atoms with E-state index in [1.807, 2.05) is 0 Å². The van der Waals surface area contributed by atoms with Gasteiger partial charge in [-0.2, -0.15) is 0 Å². The van der Waals surface area contributed by atoms with Crippen molar-refractivity contribution in [2.75, 3.05) is 19.6 Å². The van der Waals surface area contributed by atoms with Crippen molar-refractivity contribution in [2.45, 2.75) is 65.5 Å². The summed E-state index contributed by atoms with van der Waals surface area (Å²) in [6, 6.07) is 0.750. The third kappa shape index (κ3) is 3.74. The van der Waals surface area contributed by atoms with Crippen LogP contribution in [-0.2, 0) is 0 Å². The monoisotopic (exact) mass is 226 g/mol. The van der Waals surface area contributed by atoms with Crippen molar-refractivity contribution in [2.24, 2.45) is 5.92 Å². The first kappa shape index (κ1) is 14.0. The van der Waals surface area contributed by atoms with E-state index in [4.69, 9.17) is 0 Å². The van der Waals surface area contributed by atoms with Gasteiger partial charge in [0, 0.05) is 24.7 Å². The van der Waals surface area contributed by atoms with Crippen molar-refractivity contribution in [3.8, 4) is 0 Å². The fraction of sp³-hybridized carbons (Fsp3) is 1.00. The Morgan fingerprint density at radius 2 is 2.06 bits per heavy atom. The Bertz CT molecular complexity index is 203. The molecule has 2 nitrogen and oxygen atoms in total. The SMILES string of the molecule is CCCN1CC(C)(CC)NCC1CC(C)C. The standard InChI is InChI=1S/C14H30N2/c1-6-8-16-11-14(5,7-2)15-10-13(16)9-12(3)4/h12-13,15H,6-11H2,1-5H3. The van der Waals surface area contributed by atoms with Crippen molar-refractivity contribution in [1.82, 2.24) is 10.2 Å². The van der Waals surface area contributed by atoms with Crippen molar-refractivity contribution in [1.29, 1.82) is 0 Å². The van der Waals surface area contributed by atoms with Crippen molar-refractivity contribution in [3.63, 3.8) is 0 Å². The number of nitrogens with one attached hydrogen (secondary N) is 1. The average molecular weight is 226 g/mol. The second-order valence-corrected chi connectivity index (χ2v) is 6.05. The Balaban J connectivity index is 2.59. The summed E-state index contributed by atoms with van der Waals surface area (Å²) in [4.78, 5) is 2.71. The minimum absolute atomic E-state index is 0.336. The molecule has 1 rings (SSSR count). The van der Waals surface area contributed by atoms with Crippen LogP contribution >= 0.6 is 0 Å². The van der Waals surface area contributed by atoms with Crippen LogP contribution in [0.4, 0.5) is 0 Å². The molecule has 96 valence electrons. The fourth-order valence-corrected chi connectivity index (χ4v) is 2.69.